The summed E-state index contributed by atoms with van der Waals surface area (Å²) in [5, 5.41) is 1.99. The van der Waals surface area contributed by atoms with E-state index in [2.05, 4.69) is 4.99 Å². The summed E-state index contributed by atoms with van der Waals surface area (Å²) < 4.78 is 5.24. The van der Waals surface area contributed by atoms with Crippen molar-refractivity contribution in [2.75, 3.05) is 0 Å². The van der Waals surface area contributed by atoms with Crippen molar-refractivity contribution in [3.8, 4) is 0 Å². The fraction of sp³-hybridized carbons (Fsp3) is 0.125. The van der Waals surface area contributed by atoms with Crippen molar-refractivity contribution in [2.45, 2.75) is 13.8 Å². The highest BCUT2D eigenvalue weighted by Gasteiger charge is 2.24. The lowest BCUT2D eigenvalue weighted by Gasteiger charge is -1.99. The SMILES string of the molecule is Cc1ccc(C2=N/C(=C/c3sccc3C)C(=O)O2)cc1. The van der Waals surface area contributed by atoms with Crippen LogP contribution in [-0.2, 0) is 9.53 Å². The highest BCUT2D eigenvalue weighted by atomic mass is 32.1. The maximum atomic E-state index is 11.9. The molecule has 100 valence electrons. The van der Waals surface area contributed by atoms with Crippen LogP contribution in [-0.4, -0.2) is 11.9 Å². The number of rotatable bonds is 2. The van der Waals surface area contributed by atoms with Gasteiger partial charge in [-0.1, -0.05) is 17.7 Å². The van der Waals surface area contributed by atoms with E-state index in [4.69, 9.17) is 4.74 Å². The molecule has 0 bridgehead atoms. The Hall–Kier alpha value is -2.20. The maximum absolute atomic E-state index is 11.9. The summed E-state index contributed by atoms with van der Waals surface area (Å²) in [6.45, 7) is 4.02. The van der Waals surface area contributed by atoms with Crippen LogP contribution in [0.1, 0.15) is 21.6 Å². The van der Waals surface area contributed by atoms with Crippen LogP contribution in [0.15, 0.2) is 46.4 Å². The minimum absolute atomic E-state index is 0.353. The van der Waals surface area contributed by atoms with E-state index < -0.39 is 5.97 Å². The molecule has 1 aromatic heterocycles. The number of benzene rings is 1. The number of cyclic esters (lactones) is 1. The molecule has 0 atom stereocenters. The van der Waals surface area contributed by atoms with Crippen molar-refractivity contribution in [2.24, 2.45) is 4.99 Å². The van der Waals surface area contributed by atoms with Crippen LogP contribution >= 0.6 is 11.3 Å². The Morgan fingerprint density at radius 2 is 1.90 bits per heavy atom. The first kappa shape index (κ1) is 12.8. The molecule has 0 saturated heterocycles. The van der Waals surface area contributed by atoms with E-state index in [-0.39, 0.29) is 0 Å². The number of aliphatic imine (C=N–C) groups is 1. The Morgan fingerprint density at radius 3 is 2.55 bits per heavy atom. The van der Waals surface area contributed by atoms with Gasteiger partial charge in [0.25, 0.3) is 0 Å². The highest BCUT2D eigenvalue weighted by molar-refractivity contribution is 7.11. The molecule has 0 N–H and O–H groups in total. The Kier molecular flexibility index (Phi) is 3.24. The zero-order valence-corrected chi connectivity index (χ0v) is 12.0. The number of aryl methyl sites for hydroxylation is 2. The lowest BCUT2D eigenvalue weighted by atomic mass is 10.1. The van der Waals surface area contributed by atoms with Crippen LogP contribution in [0.2, 0.25) is 0 Å². The molecule has 0 aliphatic carbocycles. The highest BCUT2D eigenvalue weighted by Crippen LogP contribution is 2.23. The molecule has 2 aromatic rings. The molecule has 0 unspecified atom stereocenters. The normalized spacial score (nSPS) is 16.4. The summed E-state index contributed by atoms with van der Waals surface area (Å²) in [5.41, 5.74) is 3.46. The van der Waals surface area contributed by atoms with E-state index in [0.29, 0.717) is 11.6 Å². The topological polar surface area (TPSA) is 38.7 Å². The summed E-state index contributed by atoms with van der Waals surface area (Å²) in [6.07, 6.45) is 1.78. The van der Waals surface area contributed by atoms with Gasteiger partial charge in [0.15, 0.2) is 5.70 Å². The number of esters is 1. The zero-order valence-electron chi connectivity index (χ0n) is 11.2. The smallest absolute Gasteiger partial charge is 0.363 e. The summed E-state index contributed by atoms with van der Waals surface area (Å²) >= 11 is 1.58. The van der Waals surface area contributed by atoms with Gasteiger partial charge in [-0.2, -0.15) is 0 Å². The minimum atomic E-state index is -0.395. The third-order valence-electron chi connectivity index (χ3n) is 3.09. The molecule has 1 aliphatic heterocycles. The molecule has 4 heteroatoms. The van der Waals surface area contributed by atoms with Gasteiger partial charge < -0.3 is 4.74 Å². The van der Waals surface area contributed by atoms with E-state index in [1.54, 1.807) is 17.4 Å². The van der Waals surface area contributed by atoms with Gasteiger partial charge in [-0.15, -0.1) is 11.3 Å². The standard InChI is InChI=1S/C16H13NO2S/c1-10-3-5-12(6-4-10)15-17-13(16(18)19-15)9-14-11(2)7-8-20-14/h3-9H,1-2H3/b13-9+. The Morgan fingerprint density at radius 1 is 1.15 bits per heavy atom. The molecule has 3 rings (SSSR count). The fourth-order valence-electron chi connectivity index (χ4n) is 1.89. The number of nitrogens with zero attached hydrogens (tertiary/aromatic N) is 1. The number of thiophene rings is 1. The van der Waals surface area contributed by atoms with Gasteiger partial charge in [0.1, 0.15) is 0 Å². The third-order valence-corrected chi connectivity index (χ3v) is 4.05. The van der Waals surface area contributed by atoms with Crippen molar-refractivity contribution in [3.05, 3.63) is 63.0 Å². The van der Waals surface area contributed by atoms with Crippen molar-refractivity contribution in [1.29, 1.82) is 0 Å². The van der Waals surface area contributed by atoms with Crippen LogP contribution in [0.5, 0.6) is 0 Å². The van der Waals surface area contributed by atoms with Crippen LogP contribution in [0.3, 0.4) is 0 Å². The van der Waals surface area contributed by atoms with Gasteiger partial charge in [-0.3, -0.25) is 0 Å². The van der Waals surface area contributed by atoms with E-state index in [9.17, 15) is 4.79 Å². The number of hydrogen-bond acceptors (Lipinski definition) is 4. The van der Waals surface area contributed by atoms with Crippen LogP contribution in [0.25, 0.3) is 6.08 Å². The molecule has 0 fully saturated rings. The first-order valence-electron chi connectivity index (χ1n) is 6.27. The van der Waals surface area contributed by atoms with E-state index in [1.165, 1.54) is 0 Å². The predicted molar refractivity (Wildman–Crippen MR) is 80.8 cm³/mol. The summed E-state index contributed by atoms with van der Waals surface area (Å²) in [5.74, 6) is -0.0242. The average Bonchev–Trinajstić information content (AvgIpc) is 2.99. The van der Waals surface area contributed by atoms with Crippen LogP contribution in [0, 0.1) is 13.8 Å². The second kappa shape index (κ2) is 5.06. The number of carbonyl (C=O) groups excluding carboxylic acids is 1. The minimum Gasteiger partial charge on any atom is -0.402 e. The predicted octanol–water partition coefficient (Wildman–Crippen LogP) is 3.71. The lowest BCUT2D eigenvalue weighted by molar-refractivity contribution is -0.129. The lowest BCUT2D eigenvalue weighted by Crippen LogP contribution is -2.05. The molecule has 0 spiro atoms. The van der Waals surface area contributed by atoms with Crippen molar-refractivity contribution >= 4 is 29.3 Å². The quantitative estimate of drug-likeness (QED) is 0.622. The molecule has 0 saturated carbocycles. The average molecular weight is 283 g/mol. The summed E-state index contributed by atoms with van der Waals surface area (Å²) in [4.78, 5) is 17.2. The maximum Gasteiger partial charge on any atom is 0.363 e. The van der Waals surface area contributed by atoms with Gasteiger partial charge >= 0.3 is 5.97 Å². The molecule has 0 radical (unpaired) electrons. The van der Waals surface area contributed by atoms with Gasteiger partial charge in [0.05, 0.1) is 0 Å². The van der Waals surface area contributed by atoms with Gasteiger partial charge in [0.2, 0.25) is 5.90 Å². The molecule has 0 amide bonds. The molecule has 2 heterocycles. The monoisotopic (exact) mass is 283 g/mol. The molecule has 3 nitrogen and oxygen atoms in total. The zero-order chi connectivity index (χ0) is 14.1. The number of hydrogen-bond donors (Lipinski definition) is 0. The molecular weight excluding hydrogens is 270 g/mol. The molecule has 20 heavy (non-hydrogen) atoms. The number of carbonyl (C=O) groups is 1. The summed E-state index contributed by atoms with van der Waals surface area (Å²) in [7, 11) is 0. The van der Waals surface area contributed by atoms with E-state index in [1.807, 2.05) is 49.6 Å². The third kappa shape index (κ3) is 2.42. The van der Waals surface area contributed by atoms with Crippen LogP contribution in [0.4, 0.5) is 0 Å². The van der Waals surface area contributed by atoms with Crippen LogP contribution < -0.4 is 0 Å². The van der Waals surface area contributed by atoms with Gasteiger partial charge in [-0.05, 0) is 49.1 Å². The first-order chi connectivity index (χ1) is 9.63. The van der Waals surface area contributed by atoms with Gasteiger partial charge in [-0.25, -0.2) is 9.79 Å². The van der Waals surface area contributed by atoms with Crippen molar-refractivity contribution in [3.63, 3.8) is 0 Å². The second-order valence-corrected chi connectivity index (χ2v) is 5.62. The Bertz CT molecular complexity index is 723. The molecular formula is C16H13NO2S. The van der Waals surface area contributed by atoms with Gasteiger partial charge in [0, 0.05) is 10.4 Å². The molecule has 1 aliphatic rings. The summed E-state index contributed by atoms with van der Waals surface area (Å²) in [6, 6.07) is 9.76. The largest absolute Gasteiger partial charge is 0.402 e. The fourth-order valence-corrected chi connectivity index (χ4v) is 2.74. The van der Waals surface area contributed by atoms with E-state index in [0.717, 1.165) is 21.6 Å². The Labute approximate surface area is 121 Å². The first-order valence-corrected chi connectivity index (χ1v) is 7.15. The van der Waals surface area contributed by atoms with E-state index >= 15 is 0 Å². The number of ether oxygens (including phenoxy) is 1. The Balaban J connectivity index is 1.95. The van der Waals surface area contributed by atoms with Crippen molar-refractivity contribution in [1.82, 2.24) is 0 Å². The second-order valence-electron chi connectivity index (χ2n) is 4.67. The molecule has 1 aromatic carbocycles. The van der Waals surface area contributed by atoms with Crippen molar-refractivity contribution < 1.29 is 9.53 Å².